The van der Waals surface area contributed by atoms with E-state index in [2.05, 4.69) is 16.4 Å². The van der Waals surface area contributed by atoms with Gasteiger partial charge in [0.1, 0.15) is 11.9 Å². The molecule has 0 saturated carbocycles. The van der Waals surface area contributed by atoms with Crippen LogP contribution in [-0.2, 0) is 11.2 Å². The summed E-state index contributed by atoms with van der Waals surface area (Å²) in [5, 5.41) is 2.89. The Labute approximate surface area is 174 Å². The lowest BCUT2D eigenvalue weighted by atomic mass is 10.0. The van der Waals surface area contributed by atoms with Gasteiger partial charge in [-0.05, 0) is 60.5 Å². The minimum Gasteiger partial charge on any atom is -0.488 e. The number of esters is 1. The van der Waals surface area contributed by atoms with Crippen LogP contribution in [0.25, 0.3) is 11.3 Å². The molecule has 6 nitrogen and oxygen atoms in total. The van der Waals surface area contributed by atoms with Crippen LogP contribution < -0.4 is 10.1 Å². The van der Waals surface area contributed by atoms with Crippen LogP contribution in [0.15, 0.2) is 60.8 Å². The molecule has 152 valence electrons. The maximum absolute atomic E-state index is 12.5. The molecule has 0 aliphatic carbocycles. The average Bonchev–Trinajstić information content (AvgIpc) is 3.19. The van der Waals surface area contributed by atoms with Gasteiger partial charge in [-0.3, -0.25) is 9.78 Å². The number of fused-ring (bicyclic) bond motifs is 1. The molecule has 2 heterocycles. The van der Waals surface area contributed by atoms with Crippen molar-refractivity contribution in [2.45, 2.75) is 19.4 Å². The normalized spacial score (nSPS) is 14.5. The fourth-order valence-electron chi connectivity index (χ4n) is 3.58. The molecular weight excluding hydrogens is 380 g/mol. The van der Waals surface area contributed by atoms with Crippen molar-refractivity contribution in [3.63, 3.8) is 0 Å². The Morgan fingerprint density at radius 1 is 1.13 bits per heavy atom. The number of ether oxygens (including phenoxy) is 2. The SMILES string of the molecule is COC(=O)c1cccc(C(=O)NCC2Cc3cc(-c4ncccc4C)ccc3O2)c1. The second-order valence-electron chi connectivity index (χ2n) is 7.22. The van der Waals surface area contributed by atoms with Crippen LogP contribution in [0.4, 0.5) is 0 Å². The first kappa shape index (κ1) is 19.6. The number of carbonyl (C=O) groups is 2. The van der Waals surface area contributed by atoms with Crippen molar-refractivity contribution in [3.05, 3.63) is 83.0 Å². The van der Waals surface area contributed by atoms with Gasteiger partial charge in [0.2, 0.25) is 0 Å². The van der Waals surface area contributed by atoms with Crippen molar-refractivity contribution in [2.75, 3.05) is 13.7 Å². The number of amides is 1. The zero-order chi connectivity index (χ0) is 21.1. The van der Waals surface area contributed by atoms with Gasteiger partial charge in [0, 0.05) is 23.7 Å². The van der Waals surface area contributed by atoms with Gasteiger partial charge in [-0.15, -0.1) is 0 Å². The highest BCUT2D eigenvalue weighted by atomic mass is 16.5. The van der Waals surface area contributed by atoms with E-state index >= 15 is 0 Å². The Morgan fingerprint density at radius 3 is 2.77 bits per heavy atom. The maximum Gasteiger partial charge on any atom is 0.337 e. The predicted octanol–water partition coefficient (Wildman–Crippen LogP) is 3.58. The number of aryl methyl sites for hydroxylation is 1. The summed E-state index contributed by atoms with van der Waals surface area (Å²) in [4.78, 5) is 28.6. The van der Waals surface area contributed by atoms with Crippen LogP contribution in [0, 0.1) is 6.92 Å². The predicted molar refractivity (Wildman–Crippen MR) is 113 cm³/mol. The largest absolute Gasteiger partial charge is 0.488 e. The summed E-state index contributed by atoms with van der Waals surface area (Å²) >= 11 is 0. The average molecular weight is 402 g/mol. The van der Waals surface area contributed by atoms with E-state index in [9.17, 15) is 9.59 Å². The number of benzene rings is 2. The summed E-state index contributed by atoms with van der Waals surface area (Å²) in [5.41, 5.74) is 4.98. The molecule has 1 aliphatic heterocycles. The number of pyridine rings is 1. The first-order valence-corrected chi connectivity index (χ1v) is 9.73. The van der Waals surface area contributed by atoms with E-state index in [0.717, 1.165) is 28.1 Å². The van der Waals surface area contributed by atoms with Crippen LogP contribution in [0.2, 0.25) is 0 Å². The van der Waals surface area contributed by atoms with Crippen molar-refractivity contribution in [1.82, 2.24) is 10.3 Å². The van der Waals surface area contributed by atoms with Gasteiger partial charge in [0.25, 0.3) is 5.91 Å². The molecule has 0 fully saturated rings. The van der Waals surface area contributed by atoms with E-state index in [1.54, 1.807) is 24.4 Å². The van der Waals surface area contributed by atoms with Crippen molar-refractivity contribution in [1.29, 1.82) is 0 Å². The molecule has 0 bridgehead atoms. The number of hydrogen-bond donors (Lipinski definition) is 1. The Balaban J connectivity index is 1.40. The highest BCUT2D eigenvalue weighted by molar-refractivity contribution is 5.97. The Kier molecular flexibility index (Phi) is 5.48. The minimum atomic E-state index is -0.474. The molecule has 1 aliphatic rings. The third-order valence-electron chi connectivity index (χ3n) is 5.12. The lowest BCUT2D eigenvalue weighted by Crippen LogP contribution is -2.34. The second-order valence-corrected chi connectivity index (χ2v) is 7.22. The summed E-state index contributed by atoms with van der Waals surface area (Å²) in [6.45, 7) is 2.41. The molecule has 1 amide bonds. The van der Waals surface area contributed by atoms with E-state index in [-0.39, 0.29) is 12.0 Å². The van der Waals surface area contributed by atoms with E-state index in [1.165, 1.54) is 13.2 Å². The van der Waals surface area contributed by atoms with Crippen LogP contribution in [-0.4, -0.2) is 36.6 Å². The van der Waals surface area contributed by atoms with Gasteiger partial charge in [-0.1, -0.05) is 12.1 Å². The lowest BCUT2D eigenvalue weighted by molar-refractivity contribution is 0.0600. The Morgan fingerprint density at radius 2 is 1.97 bits per heavy atom. The number of nitrogens with one attached hydrogen (secondary N) is 1. The second kappa shape index (κ2) is 8.37. The molecule has 3 aromatic rings. The zero-order valence-corrected chi connectivity index (χ0v) is 16.8. The van der Waals surface area contributed by atoms with E-state index in [0.29, 0.717) is 24.1 Å². The highest BCUT2D eigenvalue weighted by Crippen LogP contribution is 2.33. The number of aromatic nitrogens is 1. The smallest absolute Gasteiger partial charge is 0.337 e. The van der Waals surface area contributed by atoms with Gasteiger partial charge < -0.3 is 14.8 Å². The first-order chi connectivity index (χ1) is 14.5. The van der Waals surface area contributed by atoms with Crippen molar-refractivity contribution >= 4 is 11.9 Å². The first-order valence-electron chi connectivity index (χ1n) is 9.73. The Hall–Kier alpha value is -3.67. The third kappa shape index (κ3) is 4.03. The van der Waals surface area contributed by atoms with Gasteiger partial charge in [-0.2, -0.15) is 0 Å². The molecular formula is C24H22N2O4. The van der Waals surface area contributed by atoms with Gasteiger partial charge >= 0.3 is 5.97 Å². The number of methoxy groups -OCH3 is 1. The minimum absolute atomic E-state index is 0.146. The molecule has 30 heavy (non-hydrogen) atoms. The summed E-state index contributed by atoms with van der Waals surface area (Å²) in [6, 6.07) is 16.5. The number of nitrogens with zero attached hydrogens (tertiary/aromatic N) is 1. The van der Waals surface area contributed by atoms with Gasteiger partial charge in [-0.25, -0.2) is 4.79 Å². The van der Waals surface area contributed by atoms with Gasteiger partial charge in [0.15, 0.2) is 0 Å². The van der Waals surface area contributed by atoms with Crippen LogP contribution in [0.1, 0.15) is 31.8 Å². The molecule has 0 spiro atoms. The number of rotatable bonds is 5. The summed E-state index contributed by atoms with van der Waals surface area (Å²) in [7, 11) is 1.31. The zero-order valence-electron chi connectivity index (χ0n) is 16.8. The quantitative estimate of drug-likeness (QED) is 0.660. The molecule has 2 aromatic carbocycles. The van der Waals surface area contributed by atoms with E-state index < -0.39 is 5.97 Å². The molecule has 0 saturated heterocycles. The molecule has 1 unspecified atom stereocenters. The molecule has 1 atom stereocenters. The fourth-order valence-corrected chi connectivity index (χ4v) is 3.58. The molecule has 1 N–H and O–H groups in total. The molecule has 1 aromatic heterocycles. The van der Waals surface area contributed by atoms with E-state index in [1.807, 2.05) is 31.2 Å². The maximum atomic E-state index is 12.5. The number of hydrogen-bond acceptors (Lipinski definition) is 5. The topological polar surface area (TPSA) is 77.5 Å². The van der Waals surface area contributed by atoms with Crippen molar-refractivity contribution < 1.29 is 19.1 Å². The Bertz CT molecular complexity index is 1110. The van der Waals surface area contributed by atoms with Crippen LogP contribution >= 0.6 is 0 Å². The molecule has 0 radical (unpaired) electrons. The van der Waals surface area contributed by atoms with Crippen molar-refractivity contribution in [2.24, 2.45) is 0 Å². The number of carbonyl (C=O) groups excluding carboxylic acids is 2. The van der Waals surface area contributed by atoms with Crippen LogP contribution in [0.5, 0.6) is 5.75 Å². The summed E-state index contributed by atoms with van der Waals surface area (Å²) in [5.74, 6) is 0.0996. The summed E-state index contributed by atoms with van der Waals surface area (Å²) in [6.07, 6.45) is 2.35. The third-order valence-corrected chi connectivity index (χ3v) is 5.12. The molecule has 6 heteroatoms. The fraction of sp³-hybridized carbons (Fsp3) is 0.208. The molecule has 4 rings (SSSR count). The highest BCUT2D eigenvalue weighted by Gasteiger charge is 2.24. The van der Waals surface area contributed by atoms with E-state index in [4.69, 9.17) is 9.47 Å². The standard InChI is InChI=1S/C24H22N2O4/c1-15-5-4-10-25-22(15)16-8-9-21-19(11-16)13-20(30-21)14-26-23(27)17-6-3-7-18(12-17)24(28)29-2/h3-12,20H,13-14H2,1-2H3,(H,26,27). The summed E-state index contributed by atoms with van der Waals surface area (Å²) < 4.78 is 10.7. The van der Waals surface area contributed by atoms with Crippen molar-refractivity contribution in [3.8, 4) is 17.0 Å². The van der Waals surface area contributed by atoms with Crippen LogP contribution in [0.3, 0.4) is 0 Å². The lowest BCUT2D eigenvalue weighted by Gasteiger charge is -2.12. The monoisotopic (exact) mass is 402 g/mol. The van der Waals surface area contributed by atoms with Gasteiger partial charge in [0.05, 0.1) is 24.9 Å².